The van der Waals surface area contributed by atoms with E-state index in [4.69, 9.17) is 9.47 Å². The maximum Gasteiger partial charge on any atom is 0.127 e. The number of aromatic nitrogens is 1. The van der Waals surface area contributed by atoms with Crippen LogP contribution in [0.1, 0.15) is 36.1 Å². The third-order valence-electron chi connectivity index (χ3n) is 6.58. The zero-order chi connectivity index (χ0) is 19.7. The van der Waals surface area contributed by atoms with E-state index in [2.05, 4.69) is 28.9 Å². The highest BCUT2D eigenvalue weighted by atomic mass is 16.5. The predicted octanol–water partition coefficient (Wildman–Crippen LogP) is 3.53. The van der Waals surface area contributed by atoms with Crippen molar-refractivity contribution in [3.05, 3.63) is 53.3 Å². The summed E-state index contributed by atoms with van der Waals surface area (Å²) < 4.78 is 10.9. The van der Waals surface area contributed by atoms with Crippen molar-refractivity contribution in [2.45, 2.75) is 38.3 Å². The van der Waals surface area contributed by atoms with Crippen LogP contribution in [0.5, 0.6) is 11.5 Å². The van der Waals surface area contributed by atoms with Gasteiger partial charge in [-0.05, 0) is 37.5 Å². The number of rotatable bonds is 5. The highest BCUT2D eigenvalue weighted by molar-refractivity contribution is 5.40. The van der Waals surface area contributed by atoms with Crippen molar-refractivity contribution in [1.29, 1.82) is 0 Å². The van der Waals surface area contributed by atoms with Crippen LogP contribution >= 0.6 is 0 Å². The molecule has 2 aliphatic rings. The standard InChI is InChI=1S/C23H30N2O3/c1-16-6-5-11-24-22(16)23(26)18-7-4-8-19(23)15-25(14-18)13-17-9-10-20(27-2)12-21(17)28-3/h5-6,9-12,18-19,26H,4,7-8,13-15H2,1-3H3/t18-,19-/m0/s1. The summed E-state index contributed by atoms with van der Waals surface area (Å²) in [4.78, 5) is 7.07. The highest BCUT2D eigenvalue weighted by Crippen LogP contribution is 2.49. The lowest BCUT2D eigenvalue weighted by Gasteiger charge is -2.53. The number of hydrogen-bond donors (Lipinski definition) is 1. The Labute approximate surface area is 167 Å². The fourth-order valence-corrected chi connectivity index (χ4v) is 5.19. The van der Waals surface area contributed by atoms with Gasteiger partial charge >= 0.3 is 0 Å². The van der Waals surface area contributed by atoms with E-state index in [1.807, 2.05) is 24.4 Å². The minimum absolute atomic E-state index is 0.206. The van der Waals surface area contributed by atoms with Gasteiger partial charge in [0, 0.05) is 49.3 Å². The van der Waals surface area contributed by atoms with E-state index >= 15 is 0 Å². The Balaban J connectivity index is 1.58. The predicted molar refractivity (Wildman–Crippen MR) is 109 cm³/mol. The fraction of sp³-hybridized carbons (Fsp3) is 0.522. The topological polar surface area (TPSA) is 54.8 Å². The summed E-state index contributed by atoms with van der Waals surface area (Å²) in [6.45, 7) is 4.62. The molecule has 2 heterocycles. The number of aliphatic hydroxyl groups is 1. The molecule has 0 amide bonds. The van der Waals surface area contributed by atoms with Crippen LogP contribution in [0, 0.1) is 18.8 Å². The Kier molecular flexibility index (Phi) is 5.30. The number of fused-ring (bicyclic) bond motifs is 2. The molecular weight excluding hydrogens is 352 g/mol. The first kappa shape index (κ1) is 19.2. The third kappa shape index (κ3) is 3.27. The van der Waals surface area contributed by atoms with Gasteiger partial charge in [-0.3, -0.25) is 9.88 Å². The number of ether oxygens (including phenoxy) is 2. The molecule has 1 aliphatic heterocycles. The van der Waals surface area contributed by atoms with Crippen LogP contribution in [0.4, 0.5) is 0 Å². The molecule has 0 unspecified atom stereocenters. The van der Waals surface area contributed by atoms with E-state index in [0.29, 0.717) is 0 Å². The molecule has 1 N–H and O–H groups in total. The summed E-state index contributed by atoms with van der Waals surface area (Å²) in [5, 5.41) is 11.8. The maximum absolute atomic E-state index is 11.8. The van der Waals surface area contributed by atoms with Gasteiger partial charge in [-0.2, -0.15) is 0 Å². The van der Waals surface area contributed by atoms with Gasteiger partial charge in [0.1, 0.15) is 17.1 Å². The van der Waals surface area contributed by atoms with Crippen LogP contribution in [-0.4, -0.2) is 42.3 Å². The molecule has 5 heteroatoms. The molecule has 0 spiro atoms. The largest absolute Gasteiger partial charge is 0.497 e. The molecule has 2 atom stereocenters. The summed E-state index contributed by atoms with van der Waals surface area (Å²) in [7, 11) is 3.37. The second kappa shape index (κ2) is 7.72. The van der Waals surface area contributed by atoms with Gasteiger partial charge in [0.05, 0.1) is 19.9 Å². The van der Waals surface area contributed by atoms with Crippen molar-refractivity contribution in [1.82, 2.24) is 9.88 Å². The van der Waals surface area contributed by atoms with Crippen molar-refractivity contribution < 1.29 is 14.6 Å². The first-order valence-electron chi connectivity index (χ1n) is 10.1. The average molecular weight is 383 g/mol. The Morgan fingerprint density at radius 1 is 1.14 bits per heavy atom. The molecule has 1 saturated heterocycles. The lowest BCUT2D eigenvalue weighted by Crippen LogP contribution is -2.58. The van der Waals surface area contributed by atoms with Gasteiger partial charge in [-0.15, -0.1) is 0 Å². The highest BCUT2D eigenvalue weighted by Gasteiger charge is 2.52. The molecule has 1 aliphatic carbocycles. The molecule has 1 saturated carbocycles. The van der Waals surface area contributed by atoms with Crippen LogP contribution in [0.25, 0.3) is 0 Å². The number of aryl methyl sites for hydroxylation is 1. The lowest BCUT2D eigenvalue weighted by molar-refractivity contribution is -0.151. The summed E-state index contributed by atoms with van der Waals surface area (Å²) in [5.74, 6) is 2.07. The number of likely N-dealkylation sites (tertiary alicyclic amines) is 1. The van der Waals surface area contributed by atoms with Crippen molar-refractivity contribution in [3.63, 3.8) is 0 Å². The lowest BCUT2D eigenvalue weighted by atomic mass is 9.63. The van der Waals surface area contributed by atoms with E-state index in [1.165, 1.54) is 6.42 Å². The first-order valence-corrected chi connectivity index (χ1v) is 10.1. The van der Waals surface area contributed by atoms with Gasteiger partial charge in [-0.1, -0.05) is 18.6 Å². The van der Waals surface area contributed by atoms with E-state index in [9.17, 15) is 5.11 Å². The van der Waals surface area contributed by atoms with E-state index < -0.39 is 5.60 Å². The second-order valence-electron chi connectivity index (χ2n) is 8.19. The van der Waals surface area contributed by atoms with Crippen LogP contribution < -0.4 is 9.47 Å². The monoisotopic (exact) mass is 382 g/mol. The van der Waals surface area contributed by atoms with E-state index in [1.54, 1.807) is 14.2 Å². The molecule has 2 fully saturated rings. The van der Waals surface area contributed by atoms with E-state index in [0.717, 1.165) is 60.8 Å². The molecule has 1 aromatic carbocycles. The Morgan fingerprint density at radius 3 is 2.54 bits per heavy atom. The molecule has 2 aromatic rings. The SMILES string of the molecule is COc1ccc(CN2C[C@@H]3CCC[C@@H](C2)C3(O)c2ncccc2C)c(OC)c1. The third-order valence-corrected chi connectivity index (χ3v) is 6.58. The quantitative estimate of drug-likeness (QED) is 0.857. The van der Waals surface area contributed by atoms with Crippen LogP contribution in [0.3, 0.4) is 0 Å². The van der Waals surface area contributed by atoms with Crippen LogP contribution in [-0.2, 0) is 12.1 Å². The molecule has 28 heavy (non-hydrogen) atoms. The number of hydrogen-bond acceptors (Lipinski definition) is 5. The Bertz CT molecular complexity index is 824. The number of piperidine rings is 1. The minimum atomic E-state index is -0.815. The van der Waals surface area contributed by atoms with Crippen molar-refractivity contribution in [2.75, 3.05) is 27.3 Å². The second-order valence-corrected chi connectivity index (χ2v) is 8.19. The average Bonchev–Trinajstić information content (AvgIpc) is 2.69. The van der Waals surface area contributed by atoms with Gasteiger partial charge in [0.2, 0.25) is 0 Å². The number of nitrogens with zero attached hydrogens (tertiary/aromatic N) is 2. The number of benzene rings is 1. The molecule has 5 nitrogen and oxygen atoms in total. The number of pyridine rings is 1. The number of methoxy groups -OCH3 is 2. The van der Waals surface area contributed by atoms with Gasteiger partial charge < -0.3 is 14.6 Å². The summed E-state index contributed by atoms with van der Waals surface area (Å²) >= 11 is 0. The van der Waals surface area contributed by atoms with Crippen molar-refractivity contribution in [3.8, 4) is 11.5 Å². The van der Waals surface area contributed by atoms with Crippen molar-refractivity contribution in [2.24, 2.45) is 11.8 Å². The van der Waals surface area contributed by atoms with Crippen LogP contribution in [0.2, 0.25) is 0 Å². The molecule has 0 radical (unpaired) electrons. The minimum Gasteiger partial charge on any atom is -0.497 e. The zero-order valence-corrected chi connectivity index (χ0v) is 17.0. The smallest absolute Gasteiger partial charge is 0.127 e. The van der Waals surface area contributed by atoms with Gasteiger partial charge in [0.15, 0.2) is 0 Å². The molecule has 4 rings (SSSR count). The summed E-state index contributed by atoms with van der Waals surface area (Å²) in [6.07, 6.45) is 5.08. The van der Waals surface area contributed by atoms with Gasteiger partial charge in [-0.25, -0.2) is 0 Å². The Hall–Kier alpha value is -2.11. The Morgan fingerprint density at radius 2 is 1.89 bits per heavy atom. The summed E-state index contributed by atoms with van der Waals surface area (Å²) in [5.41, 5.74) is 2.31. The molecule has 1 aromatic heterocycles. The first-order chi connectivity index (χ1) is 13.6. The molecule has 2 bridgehead atoms. The van der Waals surface area contributed by atoms with Crippen LogP contribution in [0.15, 0.2) is 36.5 Å². The fourth-order valence-electron chi connectivity index (χ4n) is 5.19. The van der Waals surface area contributed by atoms with Crippen molar-refractivity contribution >= 4 is 0 Å². The normalized spacial score (nSPS) is 27.4. The maximum atomic E-state index is 11.8. The molecular formula is C23H30N2O3. The van der Waals surface area contributed by atoms with Gasteiger partial charge in [0.25, 0.3) is 0 Å². The zero-order valence-electron chi connectivity index (χ0n) is 17.0. The van der Waals surface area contributed by atoms with E-state index in [-0.39, 0.29) is 11.8 Å². The molecule has 150 valence electrons. The summed E-state index contributed by atoms with van der Waals surface area (Å²) in [6, 6.07) is 10.0.